The average Bonchev–Trinajstić information content (AvgIpc) is 3.89. The molecule has 4 aromatic rings. The number of benzene rings is 3. The van der Waals surface area contributed by atoms with Crippen molar-refractivity contribution in [1.82, 2.24) is 29.7 Å². The van der Waals surface area contributed by atoms with E-state index in [1.165, 1.54) is 55.8 Å². The van der Waals surface area contributed by atoms with E-state index in [0.717, 1.165) is 61.2 Å². The maximum Gasteiger partial charge on any atom is 0.151 e. The minimum absolute atomic E-state index is 0.0405. The van der Waals surface area contributed by atoms with Crippen molar-refractivity contribution in [3.63, 3.8) is 0 Å². The highest BCUT2D eigenvalue weighted by Gasteiger charge is 2.46. The topological polar surface area (TPSA) is 56.0 Å². The van der Waals surface area contributed by atoms with Crippen LogP contribution in [0.15, 0.2) is 154 Å². The van der Waals surface area contributed by atoms with Gasteiger partial charge < -0.3 is 19.6 Å². The Morgan fingerprint density at radius 3 is 2.12 bits per heavy atom. The molecule has 9 rings (SSSR count). The third-order valence-electron chi connectivity index (χ3n) is 12.5. The summed E-state index contributed by atoms with van der Waals surface area (Å²) in [5.41, 5.74) is 14.7. The Balaban J connectivity index is 1.37. The number of hydrogen-bond acceptors (Lipinski definition) is 7. The smallest absolute Gasteiger partial charge is 0.151 e. The van der Waals surface area contributed by atoms with Gasteiger partial charge in [-0.3, -0.25) is 4.52 Å². The molecule has 6 heterocycles. The number of anilines is 1. The largest absolute Gasteiger partial charge is 0.349 e. The van der Waals surface area contributed by atoms with Crippen molar-refractivity contribution in [1.29, 1.82) is 0 Å². The van der Waals surface area contributed by atoms with Crippen LogP contribution in [-0.2, 0) is 12.7 Å². The summed E-state index contributed by atoms with van der Waals surface area (Å²) in [6.45, 7) is 21.3. The molecule has 292 valence electrons. The van der Waals surface area contributed by atoms with Gasteiger partial charge >= 0.3 is 0 Å². The number of allylic oxidation sites excluding steroid dienone is 9. The maximum atomic E-state index is 5.75. The van der Waals surface area contributed by atoms with Gasteiger partial charge in [-0.05, 0) is 96.0 Å². The molecule has 0 N–H and O–H groups in total. The molecular weight excluding hydrogens is 739 g/mol. The molecule has 0 fully saturated rings. The molecule has 3 aromatic carbocycles. The van der Waals surface area contributed by atoms with Crippen molar-refractivity contribution in [2.75, 3.05) is 24.7 Å². The lowest BCUT2D eigenvalue weighted by atomic mass is 10.0. The lowest BCUT2D eigenvalue weighted by Crippen LogP contribution is -2.37. The summed E-state index contributed by atoms with van der Waals surface area (Å²) >= 11 is 0. The van der Waals surface area contributed by atoms with E-state index in [1.54, 1.807) is 0 Å². The van der Waals surface area contributed by atoms with E-state index in [9.17, 15) is 0 Å². The first-order valence-corrected chi connectivity index (χ1v) is 23.8. The van der Waals surface area contributed by atoms with Crippen molar-refractivity contribution in [3.05, 3.63) is 177 Å². The second-order valence-corrected chi connectivity index (χ2v) is 20.0. The van der Waals surface area contributed by atoms with Crippen molar-refractivity contribution in [3.8, 4) is 0 Å². The number of para-hydroxylation sites is 1. The highest BCUT2D eigenvalue weighted by molar-refractivity contribution is 7.75. The Labute approximate surface area is 340 Å². The number of hydrogen-bond donors (Lipinski definition) is 0. The van der Waals surface area contributed by atoms with E-state index in [0.29, 0.717) is 6.54 Å². The third-order valence-corrected chi connectivity index (χ3v) is 17.8. The van der Waals surface area contributed by atoms with Gasteiger partial charge in [0.15, 0.2) is 6.17 Å². The summed E-state index contributed by atoms with van der Waals surface area (Å²) in [6.07, 6.45) is 10.2. The van der Waals surface area contributed by atoms with Crippen LogP contribution in [0.5, 0.6) is 0 Å². The minimum Gasteiger partial charge on any atom is -0.349 e. The molecule has 0 aliphatic carbocycles. The van der Waals surface area contributed by atoms with E-state index in [1.807, 2.05) is 0 Å². The number of aromatic nitrogens is 3. The van der Waals surface area contributed by atoms with Crippen LogP contribution in [0.1, 0.15) is 94.3 Å². The molecule has 8 nitrogen and oxygen atoms in total. The Morgan fingerprint density at radius 1 is 0.789 bits per heavy atom. The van der Waals surface area contributed by atoms with E-state index >= 15 is 0 Å². The van der Waals surface area contributed by atoms with Gasteiger partial charge in [-0.1, -0.05) is 103 Å². The molecule has 0 radical (unpaired) electrons. The fraction of sp³-hybridized carbons (Fsp3) is 0.319. The second-order valence-electron chi connectivity index (χ2n) is 15.9. The monoisotopic (exact) mass is 792 g/mol. The molecule has 0 saturated heterocycles. The third kappa shape index (κ3) is 6.46. The van der Waals surface area contributed by atoms with Gasteiger partial charge in [-0.15, -0.1) is 5.10 Å². The Kier molecular flexibility index (Phi) is 10.2. The molecule has 10 heteroatoms. The van der Waals surface area contributed by atoms with Gasteiger partial charge in [0.2, 0.25) is 0 Å². The van der Waals surface area contributed by atoms with E-state index in [4.69, 9.17) is 21.4 Å². The van der Waals surface area contributed by atoms with Crippen LogP contribution < -0.4 is 4.90 Å². The maximum absolute atomic E-state index is 5.75. The normalized spacial score (nSPS) is 24.2. The van der Waals surface area contributed by atoms with Gasteiger partial charge in [-0.2, -0.15) is 0 Å². The molecule has 0 spiro atoms. The predicted octanol–water partition coefficient (Wildman–Crippen LogP) is 11.8. The van der Waals surface area contributed by atoms with Crippen LogP contribution in [0.4, 0.5) is 5.69 Å². The summed E-state index contributed by atoms with van der Waals surface area (Å²) in [5.74, 6) is 0. The SMILES string of the molecule is C=C1CC2=C(c3nnn(Cc4ccccc4)c3C3N4CCCCN5C(C)=C(C)N(/C1=C/C=C\C)C5c1ccccc1N3C(C)=C4C)[PH](C)=N[P@@]2Cc1ccccc1. The van der Waals surface area contributed by atoms with Crippen LogP contribution in [0, 0.1) is 0 Å². The summed E-state index contributed by atoms with van der Waals surface area (Å²) in [5, 5.41) is 13.1. The molecule has 5 aliphatic rings. The van der Waals surface area contributed by atoms with Gasteiger partial charge in [-0.25, -0.2) is 4.68 Å². The highest BCUT2D eigenvalue weighted by atomic mass is 31.2. The number of fused-ring (bicyclic) bond motifs is 2. The molecule has 0 amide bonds. The summed E-state index contributed by atoms with van der Waals surface area (Å²) < 4.78 is 7.97. The summed E-state index contributed by atoms with van der Waals surface area (Å²) in [4.78, 5) is 10.6. The molecule has 4 bridgehead atoms. The highest BCUT2D eigenvalue weighted by Crippen LogP contribution is 2.69. The molecule has 4 atom stereocenters. The predicted molar refractivity (Wildman–Crippen MR) is 239 cm³/mol. The van der Waals surface area contributed by atoms with Crippen molar-refractivity contribution < 1.29 is 0 Å². The molecule has 3 unspecified atom stereocenters. The first-order chi connectivity index (χ1) is 27.8. The quantitative estimate of drug-likeness (QED) is 0.188. The van der Waals surface area contributed by atoms with Gasteiger partial charge in [0.05, 0.1) is 12.2 Å². The van der Waals surface area contributed by atoms with Crippen molar-refractivity contribution in [2.24, 2.45) is 4.52 Å². The van der Waals surface area contributed by atoms with E-state index in [2.05, 4.69) is 169 Å². The summed E-state index contributed by atoms with van der Waals surface area (Å²) in [7, 11) is -2.21. The zero-order valence-corrected chi connectivity index (χ0v) is 36.0. The van der Waals surface area contributed by atoms with E-state index in [-0.39, 0.29) is 12.3 Å². The van der Waals surface area contributed by atoms with Crippen molar-refractivity contribution >= 4 is 26.8 Å². The standard InChI is InChI=1S/C47H54N8P2/c1-8-9-25-40-32(2)29-42-45(56(7)50-57(42)31-38-22-14-11-15-23-38)43-44(53(49-48-43)30-37-20-12-10-13-21-37)47-52-28-19-18-27-51-33(3)35(5)54(40)46(51)39-24-16-17-26-41(39)55(47)36(6)34(52)4/h8-17,20-26,46-47,56H,2,18-19,27-31H2,1,3-7H3/b9-8-,40-25+/t46?,47?,57-/m0/s1. The lowest BCUT2D eigenvalue weighted by molar-refractivity contribution is 0.167. The first-order valence-electron chi connectivity index (χ1n) is 20.4. The second kappa shape index (κ2) is 15.5. The minimum atomic E-state index is -1.36. The first kappa shape index (κ1) is 37.7. The Morgan fingerprint density at radius 2 is 1.42 bits per heavy atom. The zero-order valence-electron chi connectivity index (χ0n) is 34.2. The molecule has 5 aliphatic heterocycles. The van der Waals surface area contributed by atoms with Gasteiger partial charge in [0.25, 0.3) is 0 Å². The van der Waals surface area contributed by atoms with Crippen LogP contribution in [0.2, 0.25) is 0 Å². The van der Waals surface area contributed by atoms with Crippen LogP contribution >= 0.6 is 15.8 Å². The Hall–Kier alpha value is -4.90. The molecular formula is C47H54N8P2. The van der Waals surface area contributed by atoms with Crippen molar-refractivity contribution in [2.45, 2.75) is 78.9 Å². The zero-order chi connectivity index (χ0) is 39.4. The van der Waals surface area contributed by atoms with E-state index < -0.39 is 15.8 Å². The molecule has 57 heavy (non-hydrogen) atoms. The average molecular weight is 793 g/mol. The fourth-order valence-corrected chi connectivity index (χ4v) is 15.5. The number of nitrogens with zero attached hydrogens (tertiary/aromatic N) is 8. The van der Waals surface area contributed by atoms with Gasteiger partial charge in [0, 0.05) is 73.1 Å². The lowest BCUT2D eigenvalue weighted by Gasteiger charge is -2.40. The van der Waals surface area contributed by atoms with Crippen LogP contribution in [0.25, 0.3) is 5.31 Å². The Bertz CT molecular complexity index is 2420. The van der Waals surface area contributed by atoms with Crippen LogP contribution in [0.3, 0.4) is 0 Å². The number of rotatable bonds is 5. The summed E-state index contributed by atoms with van der Waals surface area (Å²) in [6, 6.07) is 30.8. The fourth-order valence-electron chi connectivity index (χ4n) is 9.53. The van der Waals surface area contributed by atoms with Crippen LogP contribution in [-0.4, -0.2) is 49.4 Å². The molecule has 0 saturated carbocycles. The van der Waals surface area contributed by atoms with Gasteiger partial charge in [0.1, 0.15) is 17.6 Å². The molecule has 1 aromatic heterocycles.